The quantitative estimate of drug-likeness (QED) is 0.181. The van der Waals surface area contributed by atoms with Crippen LogP contribution >= 0.6 is 0 Å². The molecule has 0 saturated carbocycles. The summed E-state index contributed by atoms with van der Waals surface area (Å²) in [5.74, 6) is 2.32. The Labute approximate surface area is 273 Å². The van der Waals surface area contributed by atoms with Gasteiger partial charge in [0.2, 0.25) is 0 Å². The first kappa shape index (κ1) is 26.5. The van der Waals surface area contributed by atoms with Crippen molar-refractivity contribution in [3.8, 4) is 45.6 Å². The Hall–Kier alpha value is -6.74. The summed E-state index contributed by atoms with van der Waals surface area (Å²) >= 11 is 0. The van der Waals surface area contributed by atoms with Crippen LogP contribution in [0.2, 0.25) is 0 Å². The molecule has 5 heterocycles. The average Bonchev–Trinajstić information content (AvgIpc) is 3.87. The number of aromatic amines is 2. The SMILES string of the molecule is c1ccc(CNc2cccc3c4nc5nc(nc6[nH]c(nc7nc(nc([nH]4)c23)-c2ccccc2-7)c2ccccc62)-c2ccccc2-5)cc1. The Morgan fingerprint density at radius 2 is 0.833 bits per heavy atom. The maximum absolute atomic E-state index is 5.19. The van der Waals surface area contributed by atoms with Crippen LogP contribution in [-0.4, -0.2) is 39.9 Å². The monoisotopic (exact) mass is 619 g/mol. The van der Waals surface area contributed by atoms with Crippen molar-refractivity contribution in [2.75, 3.05) is 5.32 Å². The summed E-state index contributed by atoms with van der Waals surface area (Å²) in [7, 11) is 0. The molecular formula is C39H25N9. The van der Waals surface area contributed by atoms with Crippen LogP contribution < -0.4 is 5.32 Å². The molecule has 226 valence electrons. The van der Waals surface area contributed by atoms with E-state index in [1.54, 1.807) is 0 Å². The van der Waals surface area contributed by atoms with Gasteiger partial charge < -0.3 is 15.3 Å². The van der Waals surface area contributed by atoms with Gasteiger partial charge in [0.25, 0.3) is 0 Å². The van der Waals surface area contributed by atoms with Crippen LogP contribution in [0.1, 0.15) is 5.56 Å². The lowest BCUT2D eigenvalue weighted by atomic mass is 10.1. The summed E-state index contributed by atoms with van der Waals surface area (Å²) in [6.45, 7) is 0.656. The van der Waals surface area contributed by atoms with Crippen molar-refractivity contribution in [2.24, 2.45) is 0 Å². The van der Waals surface area contributed by atoms with Crippen LogP contribution in [-0.2, 0) is 6.54 Å². The van der Waals surface area contributed by atoms with Crippen LogP contribution in [0.4, 0.5) is 5.69 Å². The van der Waals surface area contributed by atoms with Gasteiger partial charge in [-0.1, -0.05) is 115 Å². The summed E-state index contributed by atoms with van der Waals surface area (Å²) in [6.07, 6.45) is 0. The van der Waals surface area contributed by atoms with Gasteiger partial charge in [0.05, 0.1) is 5.39 Å². The number of nitrogens with one attached hydrogen (secondary N) is 3. The summed E-state index contributed by atoms with van der Waals surface area (Å²) in [5.41, 5.74) is 8.41. The van der Waals surface area contributed by atoms with Gasteiger partial charge in [0, 0.05) is 50.6 Å². The number of rotatable bonds is 3. The molecule has 0 fully saturated rings. The first-order valence-electron chi connectivity index (χ1n) is 15.8. The van der Waals surface area contributed by atoms with Crippen molar-refractivity contribution in [1.29, 1.82) is 0 Å². The lowest BCUT2D eigenvalue weighted by Crippen LogP contribution is -1.99. The molecule has 9 heteroatoms. The van der Waals surface area contributed by atoms with Gasteiger partial charge in [-0.2, -0.15) is 0 Å². The summed E-state index contributed by atoms with van der Waals surface area (Å²) < 4.78 is 0. The van der Waals surface area contributed by atoms with Gasteiger partial charge in [-0.15, -0.1) is 0 Å². The zero-order chi connectivity index (χ0) is 31.6. The molecule has 10 rings (SSSR count). The second kappa shape index (κ2) is 10.4. The smallest absolute Gasteiger partial charge is 0.164 e. The molecule has 0 saturated heterocycles. The third kappa shape index (κ3) is 4.18. The number of benzene rings is 5. The highest BCUT2D eigenvalue weighted by Crippen LogP contribution is 2.37. The predicted octanol–water partition coefficient (Wildman–Crippen LogP) is 8.48. The van der Waals surface area contributed by atoms with E-state index in [2.05, 4.69) is 39.6 Å². The Kier molecular flexibility index (Phi) is 5.73. The molecule has 8 bridgehead atoms. The molecule has 8 aromatic rings. The fourth-order valence-electron chi connectivity index (χ4n) is 6.63. The van der Waals surface area contributed by atoms with Crippen LogP contribution in [0.25, 0.3) is 89.7 Å². The Balaban J connectivity index is 1.34. The first-order chi connectivity index (χ1) is 23.8. The molecule has 2 aliphatic heterocycles. The highest BCUT2D eigenvalue weighted by molar-refractivity contribution is 6.11. The molecule has 0 radical (unpaired) electrons. The van der Waals surface area contributed by atoms with Gasteiger partial charge >= 0.3 is 0 Å². The van der Waals surface area contributed by atoms with Crippen molar-refractivity contribution >= 4 is 49.8 Å². The summed E-state index contributed by atoms with van der Waals surface area (Å²) in [6, 6.07) is 40.7. The number of hydrogen-bond acceptors (Lipinski definition) is 7. The standard InChI is InChI=1S/C39H25N9/c1-2-11-22(12-3-1)21-40-30-20-10-19-29-31(30)39-47-37-28-18-9-8-17-27(28)35(45-37)43-33-24-14-5-4-13-23(24)32(41-33)42-34-25-15-6-7-16-26(25)36(44-34)46-38(29)48-39/h1-20,40H,21H2,(H2,41,42,43,44,45,46,47,48). The molecule has 2 aliphatic rings. The molecule has 9 nitrogen and oxygen atoms in total. The molecule has 48 heavy (non-hydrogen) atoms. The highest BCUT2D eigenvalue weighted by atomic mass is 15.1. The molecular weight excluding hydrogens is 594 g/mol. The van der Waals surface area contributed by atoms with E-state index in [1.165, 1.54) is 5.56 Å². The van der Waals surface area contributed by atoms with Crippen molar-refractivity contribution < 1.29 is 0 Å². The van der Waals surface area contributed by atoms with Gasteiger partial charge in [0.1, 0.15) is 22.6 Å². The molecule has 3 aromatic heterocycles. The van der Waals surface area contributed by atoms with Crippen LogP contribution in [0.15, 0.2) is 121 Å². The Bertz CT molecular complexity index is 2740. The minimum Gasteiger partial charge on any atom is -0.380 e. The third-order valence-corrected chi connectivity index (χ3v) is 8.91. The second-order valence-corrected chi connectivity index (χ2v) is 11.8. The summed E-state index contributed by atoms with van der Waals surface area (Å²) in [5, 5.41) is 7.37. The van der Waals surface area contributed by atoms with E-state index in [-0.39, 0.29) is 0 Å². The second-order valence-electron chi connectivity index (χ2n) is 11.8. The van der Waals surface area contributed by atoms with E-state index < -0.39 is 0 Å². The lowest BCUT2D eigenvalue weighted by Gasteiger charge is -2.08. The summed E-state index contributed by atoms with van der Waals surface area (Å²) in [4.78, 5) is 37.5. The highest BCUT2D eigenvalue weighted by Gasteiger charge is 2.22. The zero-order valence-electron chi connectivity index (χ0n) is 25.4. The maximum atomic E-state index is 5.19. The maximum Gasteiger partial charge on any atom is 0.164 e. The average molecular weight is 620 g/mol. The van der Waals surface area contributed by atoms with E-state index in [9.17, 15) is 0 Å². The normalized spacial score (nSPS) is 11.8. The third-order valence-electron chi connectivity index (χ3n) is 8.91. The predicted molar refractivity (Wildman–Crippen MR) is 190 cm³/mol. The van der Waals surface area contributed by atoms with Gasteiger partial charge in [-0.05, 0) is 11.6 Å². The molecule has 0 spiro atoms. The van der Waals surface area contributed by atoms with Crippen molar-refractivity contribution in [2.45, 2.75) is 6.54 Å². The van der Waals surface area contributed by atoms with E-state index in [1.807, 2.05) is 97.1 Å². The van der Waals surface area contributed by atoms with Crippen molar-refractivity contribution in [1.82, 2.24) is 39.9 Å². The molecule has 0 unspecified atom stereocenters. The molecule has 5 aromatic carbocycles. The minimum atomic E-state index is 0.573. The van der Waals surface area contributed by atoms with Crippen LogP contribution in [0, 0.1) is 0 Å². The van der Waals surface area contributed by atoms with Crippen molar-refractivity contribution in [3.63, 3.8) is 0 Å². The Morgan fingerprint density at radius 3 is 1.40 bits per heavy atom. The van der Waals surface area contributed by atoms with E-state index >= 15 is 0 Å². The van der Waals surface area contributed by atoms with Gasteiger partial charge in [-0.3, -0.25) is 0 Å². The Morgan fingerprint density at radius 1 is 0.396 bits per heavy atom. The number of hydrogen-bond donors (Lipinski definition) is 3. The van der Waals surface area contributed by atoms with E-state index in [0.29, 0.717) is 52.4 Å². The number of nitrogens with zero attached hydrogens (tertiary/aromatic N) is 6. The molecule has 0 atom stereocenters. The van der Waals surface area contributed by atoms with Gasteiger partial charge in [-0.25, -0.2) is 29.9 Å². The lowest BCUT2D eigenvalue weighted by molar-refractivity contribution is 1.15. The topological polar surface area (TPSA) is 121 Å². The fraction of sp³-hybridized carbons (Fsp3) is 0.0256. The number of aromatic nitrogens is 8. The zero-order valence-corrected chi connectivity index (χ0v) is 25.4. The van der Waals surface area contributed by atoms with E-state index in [0.717, 1.165) is 49.5 Å². The van der Waals surface area contributed by atoms with E-state index in [4.69, 9.17) is 29.9 Å². The van der Waals surface area contributed by atoms with Crippen LogP contribution in [0.3, 0.4) is 0 Å². The molecule has 3 N–H and O–H groups in total. The first-order valence-corrected chi connectivity index (χ1v) is 15.8. The largest absolute Gasteiger partial charge is 0.380 e. The van der Waals surface area contributed by atoms with Crippen LogP contribution in [0.5, 0.6) is 0 Å². The molecule has 0 aliphatic carbocycles. The fourth-order valence-corrected chi connectivity index (χ4v) is 6.63. The number of H-pyrrole nitrogens is 2. The number of fused-ring (bicyclic) bond motifs is 20. The van der Waals surface area contributed by atoms with Crippen molar-refractivity contribution in [3.05, 3.63) is 127 Å². The molecule has 0 amide bonds. The number of anilines is 1. The van der Waals surface area contributed by atoms with Gasteiger partial charge in [0.15, 0.2) is 23.3 Å². The minimum absolute atomic E-state index is 0.573.